The number of hydrogen-bond donors (Lipinski definition) is 2. The first-order chi connectivity index (χ1) is 45.5. The molecule has 9 rings (SSSR count). The number of carboxylic acids is 1. The summed E-state index contributed by atoms with van der Waals surface area (Å²) in [4.78, 5) is 84.5. The van der Waals surface area contributed by atoms with Crippen LogP contribution in [-0.4, -0.2) is 133 Å². The lowest BCUT2D eigenvalue weighted by atomic mass is 9.91. The minimum absolute atomic E-state index is 0. The normalized spacial score (nSPS) is 12.4. The zero-order valence-electron chi connectivity index (χ0n) is 62.4. The van der Waals surface area contributed by atoms with Crippen molar-refractivity contribution in [2.75, 3.05) is 42.4 Å². The van der Waals surface area contributed by atoms with Crippen LogP contribution >= 0.6 is 75.3 Å². The highest BCUT2D eigenvalue weighted by atomic mass is 35.5. The number of aromatic nitrogens is 6. The smallest absolute Gasteiger partial charge is 0.339 e. The topological polar surface area (TPSA) is 223 Å². The molecule has 548 valence electrons. The van der Waals surface area contributed by atoms with E-state index in [0.717, 1.165) is 89.0 Å². The molecular weight excluding hydrogens is 1400 g/mol. The second kappa shape index (κ2) is 34.4. The van der Waals surface area contributed by atoms with Crippen LogP contribution in [0, 0.1) is 62.3 Å². The number of halogens is 3. The number of carbonyl (C=O) groups is 5. The van der Waals surface area contributed by atoms with E-state index in [1.165, 1.54) is 14.2 Å². The standard InChI is InChI=1S/C27H34ClN3O4.C26H32ClN3O4.C23H27ClN2O3.3H2S/c1-15-17(3)31(14-20(32)30(7)8)25-21(15)23(18-10-12-19(28)13-11-18)22(16(2)29-25)24(26(33)34-9)35-27(4,5)6;1-14-16(3)30(13-19(31)29(7)8)24-20(14)22(17-9-11-18(27)12-10-17)21(15(2)28-24)23(25(32)33)34-26(4,5)6;1-12-13(2)25-21-17(12)19(15-8-10-16(24)11-9-15)18(14(3)26-21)20(22(27)28-7)29-23(4,5)6;;;/h10-13,24H,14H2,1-9H3;9-12,23H,13H2,1-8H3,(H,32,33);8-11,20H,1-7H3,(H,25,26);3*1H2/t24-;23-;20-;;;/m000.../s1. The molecule has 3 aromatic carbocycles. The van der Waals surface area contributed by atoms with Crippen LogP contribution in [0.5, 0.6) is 0 Å². The second-order valence-corrected chi connectivity index (χ2v) is 29.2. The maximum atomic E-state index is 13.0. The lowest BCUT2D eigenvalue weighted by Crippen LogP contribution is -2.29. The molecule has 101 heavy (non-hydrogen) atoms. The summed E-state index contributed by atoms with van der Waals surface area (Å²) in [6.45, 7) is 34.7. The Morgan fingerprint density at radius 3 is 1.04 bits per heavy atom. The van der Waals surface area contributed by atoms with Crippen molar-refractivity contribution in [3.8, 4) is 33.4 Å². The molecular formula is C76H99Cl3N8O11S3. The van der Waals surface area contributed by atoms with Gasteiger partial charge in [-0.2, -0.15) is 40.5 Å². The fraction of sp³-hybridized carbons (Fsp3) is 0.421. The molecule has 2 N–H and O–H groups in total. The van der Waals surface area contributed by atoms with Gasteiger partial charge in [0.2, 0.25) is 11.8 Å². The van der Waals surface area contributed by atoms with Crippen molar-refractivity contribution in [2.45, 2.75) is 173 Å². The zero-order chi connectivity index (χ0) is 73.3. The van der Waals surface area contributed by atoms with Crippen LogP contribution in [0.4, 0.5) is 0 Å². The number of likely N-dealkylation sites (N-methyl/N-ethyl adjacent to an activating group) is 2. The van der Waals surface area contributed by atoms with Crippen molar-refractivity contribution < 1.29 is 52.8 Å². The molecule has 9 aromatic rings. The summed E-state index contributed by atoms with van der Waals surface area (Å²) in [5, 5.41) is 14.7. The number of nitrogens with one attached hydrogen (secondary N) is 1. The third kappa shape index (κ3) is 19.6. The van der Waals surface area contributed by atoms with Crippen molar-refractivity contribution in [3.63, 3.8) is 0 Å². The SMILES string of the molecule is COC(=O)[C@@H](OC(C)(C)C)c1c(C)nc2[nH]c(C)c(C)c2c1-c1ccc(Cl)cc1.COC(=O)[C@@H](OC(C)(C)C)c1c(C)nc2c(c(C)c(C)n2CC(=O)N(C)C)c1-c1ccc(Cl)cc1.Cc1nc2c(c(C)c(C)n2CC(=O)N(C)C)c(-c2ccc(Cl)cc2)c1[C@H](OC(C)(C)C)C(=O)O.S.S.S. The molecule has 0 aliphatic rings. The maximum absolute atomic E-state index is 13.0. The third-order valence-corrected chi connectivity index (χ3v) is 17.6. The molecule has 6 aromatic heterocycles. The number of aromatic amines is 1. The van der Waals surface area contributed by atoms with Crippen molar-refractivity contribution in [3.05, 3.63) is 155 Å². The van der Waals surface area contributed by atoms with Crippen molar-refractivity contribution in [1.29, 1.82) is 0 Å². The number of fused-ring (bicyclic) bond motifs is 3. The number of aryl methyl sites for hydroxylation is 7. The third-order valence-electron chi connectivity index (χ3n) is 16.9. The van der Waals surface area contributed by atoms with Gasteiger partial charge >= 0.3 is 17.9 Å². The quantitative estimate of drug-likeness (QED) is 0.0859. The number of H-pyrrole nitrogens is 1. The number of carboxylic acid groups (broad SMARTS) is 1. The Morgan fingerprint density at radius 2 is 0.752 bits per heavy atom. The van der Waals surface area contributed by atoms with Crippen LogP contribution < -0.4 is 0 Å². The van der Waals surface area contributed by atoms with Gasteiger partial charge < -0.3 is 52.7 Å². The molecule has 19 nitrogen and oxygen atoms in total. The summed E-state index contributed by atoms with van der Waals surface area (Å²) in [5.41, 5.74) is 14.9. The van der Waals surface area contributed by atoms with Crippen LogP contribution in [0.15, 0.2) is 72.8 Å². The van der Waals surface area contributed by atoms with Crippen molar-refractivity contribution in [2.24, 2.45) is 0 Å². The Morgan fingerprint density at radius 1 is 0.465 bits per heavy atom. The summed E-state index contributed by atoms with van der Waals surface area (Å²) in [6.07, 6.45) is -3.12. The lowest BCUT2D eigenvalue weighted by molar-refractivity contribution is -0.164. The number of ether oxygens (including phenoxy) is 5. The highest BCUT2D eigenvalue weighted by Crippen LogP contribution is 2.46. The first kappa shape index (κ1) is 86.3. The number of pyridine rings is 3. The summed E-state index contributed by atoms with van der Waals surface area (Å²) in [6, 6.07) is 22.3. The Labute approximate surface area is 629 Å². The Hall–Kier alpha value is -7.12. The van der Waals surface area contributed by atoms with E-state index in [4.69, 9.17) is 73.4 Å². The minimum Gasteiger partial charge on any atom is -0.479 e. The van der Waals surface area contributed by atoms with Gasteiger partial charge in [0.05, 0.1) is 31.0 Å². The van der Waals surface area contributed by atoms with Gasteiger partial charge in [0.15, 0.2) is 18.3 Å². The predicted molar refractivity (Wildman–Crippen MR) is 420 cm³/mol. The first-order valence-corrected chi connectivity index (χ1v) is 33.2. The number of esters is 2. The van der Waals surface area contributed by atoms with E-state index in [9.17, 15) is 29.1 Å². The van der Waals surface area contributed by atoms with Crippen LogP contribution in [-0.2, 0) is 60.7 Å². The minimum atomic E-state index is -1.23. The van der Waals surface area contributed by atoms with Gasteiger partial charge in [0, 0.05) is 127 Å². The van der Waals surface area contributed by atoms with E-state index in [1.807, 2.05) is 188 Å². The number of amides is 2. The number of nitrogens with zero attached hydrogens (tertiary/aromatic N) is 7. The average Bonchev–Trinajstić information content (AvgIpc) is 1.66. The van der Waals surface area contributed by atoms with Gasteiger partial charge in [0.1, 0.15) is 30.0 Å². The van der Waals surface area contributed by atoms with Crippen molar-refractivity contribution >= 4 is 138 Å². The fourth-order valence-corrected chi connectivity index (χ4v) is 12.2. The number of rotatable bonds is 16. The van der Waals surface area contributed by atoms with Gasteiger partial charge in [-0.15, -0.1) is 0 Å². The molecule has 0 unspecified atom stereocenters. The van der Waals surface area contributed by atoms with E-state index >= 15 is 0 Å². The van der Waals surface area contributed by atoms with Gasteiger partial charge in [-0.1, -0.05) is 71.2 Å². The monoisotopic (exact) mass is 1500 g/mol. The molecule has 0 bridgehead atoms. The lowest BCUT2D eigenvalue weighted by Gasteiger charge is -2.29. The summed E-state index contributed by atoms with van der Waals surface area (Å²) in [7, 11) is 9.62. The largest absolute Gasteiger partial charge is 0.479 e. The molecule has 0 radical (unpaired) electrons. The van der Waals surface area contributed by atoms with Gasteiger partial charge in [-0.05, 0) is 194 Å². The van der Waals surface area contributed by atoms with E-state index in [2.05, 4.69) is 4.98 Å². The predicted octanol–water partition coefficient (Wildman–Crippen LogP) is 16.9. The van der Waals surface area contributed by atoms with Gasteiger partial charge in [-0.3, -0.25) is 9.59 Å². The number of carbonyl (C=O) groups excluding carboxylic acids is 4. The molecule has 25 heteroatoms. The zero-order valence-corrected chi connectivity index (χ0v) is 67.6. The van der Waals surface area contributed by atoms with Crippen LogP contribution in [0.25, 0.3) is 66.5 Å². The molecule has 0 saturated carbocycles. The molecule has 0 aliphatic heterocycles. The molecule has 3 atom stereocenters. The van der Waals surface area contributed by atoms with Gasteiger partial charge in [0.25, 0.3) is 0 Å². The van der Waals surface area contributed by atoms with Crippen LogP contribution in [0.2, 0.25) is 15.1 Å². The molecule has 0 spiro atoms. The Bertz CT molecular complexity index is 4510. The molecule has 0 fully saturated rings. The number of aliphatic carboxylic acids is 1. The number of benzene rings is 3. The second-order valence-electron chi connectivity index (χ2n) is 27.9. The van der Waals surface area contributed by atoms with Crippen LogP contribution in [0.1, 0.15) is 148 Å². The van der Waals surface area contributed by atoms with E-state index < -0.39 is 53.0 Å². The van der Waals surface area contributed by atoms with E-state index in [0.29, 0.717) is 60.1 Å². The molecule has 6 heterocycles. The highest BCUT2D eigenvalue weighted by Gasteiger charge is 2.38. The highest BCUT2D eigenvalue weighted by molar-refractivity contribution is 7.59. The first-order valence-electron chi connectivity index (χ1n) is 32.1. The summed E-state index contributed by atoms with van der Waals surface area (Å²) < 4.78 is 32.6. The Kier molecular flexibility index (Phi) is 29.4. The van der Waals surface area contributed by atoms with Gasteiger partial charge in [-0.25, -0.2) is 29.3 Å². The fourth-order valence-electron chi connectivity index (χ4n) is 11.8. The summed E-state index contributed by atoms with van der Waals surface area (Å²) >= 11 is 18.5. The molecule has 2 amide bonds. The number of hydrogen-bond acceptors (Lipinski definition) is 13. The van der Waals surface area contributed by atoms with E-state index in [-0.39, 0.29) is 65.4 Å². The molecule has 0 aliphatic carbocycles. The summed E-state index contributed by atoms with van der Waals surface area (Å²) in [5.74, 6) is -2.15. The number of methoxy groups -OCH3 is 2. The molecule has 0 saturated heterocycles. The Balaban J connectivity index is 0.000000318. The van der Waals surface area contributed by atoms with Crippen molar-refractivity contribution in [1.82, 2.24) is 38.9 Å². The maximum Gasteiger partial charge on any atom is 0.339 e. The van der Waals surface area contributed by atoms with Crippen LogP contribution in [0.3, 0.4) is 0 Å². The van der Waals surface area contributed by atoms with E-state index in [1.54, 1.807) is 57.0 Å². The average molecular weight is 1500 g/mol.